The Kier molecular flexibility index (Phi) is 5.79. The summed E-state index contributed by atoms with van der Waals surface area (Å²) < 4.78 is 7.34. The van der Waals surface area contributed by atoms with E-state index < -0.39 is 11.6 Å². The number of ether oxygens (including phenoxy) is 1. The molecule has 0 spiro atoms. The van der Waals surface area contributed by atoms with Crippen LogP contribution in [-0.2, 0) is 7.05 Å². The van der Waals surface area contributed by atoms with Crippen molar-refractivity contribution in [3.05, 3.63) is 36.0 Å². The van der Waals surface area contributed by atoms with Crippen LogP contribution in [0.3, 0.4) is 0 Å². The summed E-state index contributed by atoms with van der Waals surface area (Å²) in [5.74, 6) is 1.02. The fraction of sp³-hybridized carbons (Fsp3) is 0.409. The zero-order chi connectivity index (χ0) is 23.8. The highest BCUT2D eigenvalue weighted by molar-refractivity contribution is 6.08. The van der Waals surface area contributed by atoms with Crippen molar-refractivity contribution < 1.29 is 19.4 Å². The molecule has 2 amide bonds. The number of carboxylic acid groups (broad SMARTS) is 1. The molecule has 0 aliphatic carbocycles. The minimum absolute atomic E-state index is 0.306. The molecule has 4 rings (SSSR count). The number of amides is 2. The summed E-state index contributed by atoms with van der Waals surface area (Å²) in [6.45, 7) is 7.40. The highest BCUT2D eigenvalue weighted by atomic mass is 16.5. The lowest BCUT2D eigenvalue weighted by Crippen LogP contribution is -2.61. The monoisotopic (exact) mass is 453 g/mol. The first-order chi connectivity index (χ1) is 15.7. The number of piperazine rings is 1. The Balaban J connectivity index is 1.50. The molecule has 0 unspecified atom stereocenters. The number of hydrogen-bond acceptors (Lipinski definition) is 7. The van der Waals surface area contributed by atoms with Crippen LogP contribution in [0.15, 0.2) is 30.5 Å². The summed E-state index contributed by atoms with van der Waals surface area (Å²) >= 11 is 0. The third-order valence-electron chi connectivity index (χ3n) is 5.61. The van der Waals surface area contributed by atoms with Crippen molar-refractivity contribution in [2.24, 2.45) is 7.05 Å². The van der Waals surface area contributed by atoms with E-state index in [1.165, 1.54) is 4.90 Å². The SMILES string of the molecule is CCOc1cc2nn(C)cc2cc1C(=O)Nc1ccc(N2CCN(C(=O)O)C(C)(C)C2)nn1. The van der Waals surface area contributed by atoms with E-state index in [2.05, 4.69) is 20.6 Å². The van der Waals surface area contributed by atoms with Gasteiger partial charge in [0.05, 0.1) is 23.2 Å². The van der Waals surface area contributed by atoms with Gasteiger partial charge in [0.25, 0.3) is 5.91 Å². The zero-order valence-corrected chi connectivity index (χ0v) is 19.1. The Morgan fingerprint density at radius 3 is 2.64 bits per heavy atom. The molecule has 0 atom stereocenters. The molecular weight excluding hydrogens is 426 g/mol. The zero-order valence-electron chi connectivity index (χ0n) is 19.1. The molecule has 174 valence electrons. The van der Waals surface area contributed by atoms with Crippen molar-refractivity contribution in [2.75, 3.05) is 36.5 Å². The number of rotatable bonds is 5. The number of fused-ring (bicyclic) bond motifs is 1. The molecule has 1 aliphatic rings. The van der Waals surface area contributed by atoms with E-state index in [4.69, 9.17) is 4.74 Å². The standard InChI is InChI=1S/C22H27N7O4/c1-5-33-17-11-16-14(12-27(4)26-16)10-15(17)20(30)23-18-6-7-19(25-24-18)28-8-9-29(21(31)32)22(2,3)13-28/h6-7,10-12H,5,8-9,13H2,1-4H3,(H,31,32)(H,23,24,30). The quantitative estimate of drug-likeness (QED) is 0.604. The highest BCUT2D eigenvalue weighted by Crippen LogP contribution is 2.27. The van der Waals surface area contributed by atoms with Crippen LogP contribution in [0.25, 0.3) is 10.9 Å². The Morgan fingerprint density at radius 1 is 1.21 bits per heavy atom. The van der Waals surface area contributed by atoms with Crippen LogP contribution in [0.4, 0.5) is 16.4 Å². The molecular formula is C22H27N7O4. The average molecular weight is 454 g/mol. The lowest BCUT2D eigenvalue weighted by atomic mass is 9.99. The van der Waals surface area contributed by atoms with Crippen molar-refractivity contribution in [1.29, 1.82) is 0 Å². The number of nitrogens with zero attached hydrogens (tertiary/aromatic N) is 6. The molecule has 3 aromatic rings. The fourth-order valence-corrected chi connectivity index (χ4v) is 4.08. The Morgan fingerprint density at radius 2 is 2.00 bits per heavy atom. The first kappa shape index (κ1) is 22.3. The first-order valence-electron chi connectivity index (χ1n) is 10.7. The minimum Gasteiger partial charge on any atom is -0.493 e. The summed E-state index contributed by atoms with van der Waals surface area (Å²) in [5, 5.41) is 25.7. The van der Waals surface area contributed by atoms with E-state index in [0.717, 1.165) is 10.9 Å². The third-order valence-corrected chi connectivity index (χ3v) is 5.61. The second-order valence-corrected chi connectivity index (χ2v) is 8.54. The normalized spacial score (nSPS) is 15.5. The number of nitrogens with one attached hydrogen (secondary N) is 1. The number of carbonyl (C=O) groups excluding carboxylic acids is 1. The van der Waals surface area contributed by atoms with Gasteiger partial charge in [0.1, 0.15) is 5.75 Å². The van der Waals surface area contributed by atoms with Crippen LogP contribution in [0.1, 0.15) is 31.1 Å². The van der Waals surface area contributed by atoms with Gasteiger partial charge in [-0.3, -0.25) is 14.4 Å². The van der Waals surface area contributed by atoms with Gasteiger partial charge in [0, 0.05) is 44.3 Å². The Labute approximate surface area is 190 Å². The fourth-order valence-electron chi connectivity index (χ4n) is 4.08. The Bertz CT molecular complexity index is 1190. The van der Waals surface area contributed by atoms with Gasteiger partial charge in [-0.1, -0.05) is 0 Å². The number of hydrogen-bond donors (Lipinski definition) is 2. The van der Waals surface area contributed by atoms with Crippen molar-refractivity contribution >= 4 is 34.5 Å². The average Bonchev–Trinajstić information content (AvgIpc) is 3.11. The summed E-state index contributed by atoms with van der Waals surface area (Å²) in [7, 11) is 1.82. The highest BCUT2D eigenvalue weighted by Gasteiger charge is 2.37. The lowest BCUT2D eigenvalue weighted by Gasteiger charge is -2.45. The van der Waals surface area contributed by atoms with Gasteiger partial charge < -0.3 is 20.1 Å². The second kappa shape index (κ2) is 8.57. The van der Waals surface area contributed by atoms with Gasteiger partial charge in [-0.25, -0.2) is 4.79 Å². The summed E-state index contributed by atoms with van der Waals surface area (Å²) in [6.07, 6.45) is 0.905. The molecule has 0 saturated carbocycles. The maximum atomic E-state index is 13.0. The van der Waals surface area contributed by atoms with E-state index in [-0.39, 0.29) is 5.91 Å². The van der Waals surface area contributed by atoms with E-state index in [9.17, 15) is 14.7 Å². The van der Waals surface area contributed by atoms with Crippen molar-refractivity contribution in [3.8, 4) is 5.75 Å². The molecule has 33 heavy (non-hydrogen) atoms. The molecule has 2 N–H and O–H groups in total. The molecule has 1 aromatic carbocycles. The molecule has 2 aromatic heterocycles. The molecule has 1 saturated heterocycles. The maximum absolute atomic E-state index is 13.0. The smallest absolute Gasteiger partial charge is 0.407 e. The predicted octanol–water partition coefficient (Wildman–Crippen LogP) is 2.59. The van der Waals surface area contributed by atoms with E-state index >= 15 is 0 Å². The molecule has 3 heterocycles. The maximum Gasteiger partial charge on any atom is 0.407 e. The van der Waals surface area contributed by atoms with Crippen molar-refractivity contribution in [3.63, 3.8) is 0 Å². The predicted molar refractivity (Wildman–Crippen MR) is 123 cm³/mol. The molecule has 1 aliphatic heterocycles. The molecule has 0 bridgehead atoms. The molecule has 0 radical (unpaired) electrons. The number of aryl methyl sites for hydroxylation is 1. The van der Waals surface area contributed by atoms with Crippen molar-refractivity contribution in [2.45, 2.75) is 26.3 Å². The second-order valence-electron chi connectivity index (χ2n) is 8.54. The number of aromatic nitrogens is 4. The van der Waals surface area contributed by atoms with Gasteiger partial charge >= 0.3 is 6.09 Å². The number of carbonyl (C=O) groups is 2. The van der Waals surface area contributed by atoms with Gasteiger partial charge in [0.15, 0.2) is 11.6 Å². The van der Waals surface area contributed by atoms with Crippen LogP contribution in [0.5, 0.6) is 5.75 Å². The van der Waals surface area contributed by atoms with Crippen molar-refractivity contribution in [1.82, 2.24) is 24.9 Å². The Hall–Kier alpha value is -3.89. The molecule has 1 fully saturated rings. The summed E-state index contributed by atoms with van der Waals surface area (Å²) in [4.78, 5) is 27.8. The molecule has 11 heteroatoms. The first-order valence-corrected chi connectivity index (χ1v) is 10.7. The summed E-state index contributed by atoms with van der Waals surface area (Å²) in [6, 6.07) is 6.94. The van der Waals surface area contributed by atoms with Gasteiger partial charge in [-0.05, 0) is 39.0 Å². The van der Waals surface area contributed by atoms with Gasteiger partial charge in [0.2, 0.25) is 0 Å². The summed E-state index contributed by atoms with van der Waals surface area (Å²) in [5.41, 5.74) is 0.571. The molecule has 11 nitrogen and oxygen atoms in total. The van der Waals surface area contributed by atoms with E-state index in [1.807, 2.05) is 38.9 Å². The van der Waals surface area contributed by atoms with Crippen LogP contribution >= 0.6 is 0 Å². The lowest BCUT2D eigenvalue weighted by molar-refractivity contribution is 0.0842. The minimum atomic E-state index is -0.931. The topological polar surface area (TPSA) is 126 Å². The van der Waals surface area contributed by atoms with E-state index in [0.29, 0.717) is 49.2 Å². The van der Waals surface area contributed by atoms with Gasteiger partial charge in [-0.15, -0.1) is 10.2 Å². The largest absolute Gasteiger partial charge is 0.493 e. The van der Waals surface area contributed by atoms with Crippen LogP contribution in [-0.4, -0.2) is 73.8 Å². The van der Waals surface area contributed by atoms with Crippen LogP contribution in [0.2, 0.25) is 0 Å². The number of anilines is 2. The third kappa shape index (κ3) is 4.52. The number of benzene rings is 1. The van der Waals surface area contributed by atoms with Crippen LogP contribution in [0, 0.1) is 0 Å². The van der Waals surface area contributed by atoms with Gasteiger partial charge in [-0.2, -0.15) is 5.10 Å². The van der Waals surface area contributed by atoms with E-state index in [1.54, 1.807) is 28.9 Å². The van der Waals surface area contributed by atoms with Crippen LogP contribution < -0.4 is 15.0 Å².